The van der Waals surface area contributed by atoms with Gasteiger partial charge in [-0.3, -0.25) is 9.59 Å². The van der Waals surface area contributed by atoms with E-state index in [9.17, 15) is 9.59 Å². The van der Waals surface area contributed by atoms with Crippen LogP contribution in [-0.4, -0.2) is 34.5 Å². The highest BCUT2D eigenvalue weighted by Crippen LogP contribution is 2.24. The van der Waals surface area contributed by atoms with Crippen molar-refractivity contribution in [1.82, 2.24) is 4.90 Å². The number of nitrogens with zero attached hydrogens (tertiary/aromatic N) is 1. The van der Waals surface area contributed by atoms with E-state index >= 15 is 0 Å². The van der Waals surface area contributed by atoms with Crippen LogP contribution < -0.4 is 0 Å². The van der Waals surface area contributed by atoms with Crippen molar-refractivity contribution in [1.29, 1.82) is 0 Å². The first kappa shape index (κ1) is 17.0. The molecular formula is C16H29NO3. The molecule has 116 valence electrons. The second-order valence-corrected chi connectivity index (χ2v) is 6.01. The normalized spacial score (nSPS) is 22.8. The summed E-state index contributed by atoms with van der Waals surface area (Å²) in [7, 11) is 0. The molecule has 1 N–H and O–H groups in total. The van der Waals surface area contributed by atoms with Gasteiger partial charge in [0.15, 0.2) is 0 Å². The topological polar surface area (TPSA) is 57.6 Å². The fraction of sp³-hybridized carbons (Fsp3) is 0.875. The van der Waals surface area contributed by atoms with Gasteiger partial charge in [-0.2, -0.15) is 0 Å². The molecule has 2 atom stereocenters. The predicted molar refractivity (Wildman–Crippen MR) is 79.5 cm³/mol. The minimum Gasteiger partial charge on any atom is -0.481 e. The SMILES string of the molecule is CCCCCCCCC(=O)N1CCC(C(=O)O)CC1C. The van der Waals surface area contributed by atoms with E-state index in [-0.39, 0.29) is 17.9 Å². The summed E-state index contributed by atoms with van der Waals surface area (Å²) in [6, 6.07) is 0.0671. The molecular weight excluding hydrogens is 254 g/mol. The van der Waals surface area contributed by atoms with Gasteiger partial charge < -0.3 is 10.0 Å². The summed E-state index contributed by atoms with van der Waals surface area (Å²) in [6.45, 7) is 4.77. The lowest BCUT2D eigenvalue weighted by molar-refractivity contribution is -0.147. The molecule has 0 spiro atoms. The lowest BCUT2D eigenvalue weighted by atomic mass is 9.91. The molecule has 20 heavy (non-hydrogen) atoms. The standard InChI is InChI=1S/C16H29NO3/c1-3-4-5-6-7-8-9-15(18)17-11-10-14(16(19)20)12-13(17)2/h13-14H,3-12H2,1-2H3,(H,19,20). The predicted octanol–water partition coefficient (Wildman–Crippen LogP) is 3.45. The monoisotopic (exact) mass is 283 g/mol. The molecule has 0 aromatic heterocycles. The van der Waals surface area contributed by atoms with Gasteiger partial charge in [0.1, 0.15) is 0 Å². The maximum Gasteiger partial charge on any atom is 0.306 e. The van der Waals surface area contributed by atoms with Crippen molar-refractivity contribution >= 4 is 11.9 Å². The third kappa shape index (κ3) is 5.51. The Kier molecular flexibility index (Phi) is 7.63. The van der Waals surface area contributed by atoms with Crippen LogP contribution in [0, 0.1) is 5.92 Å². The number of carbonyl (C=O) groups excluding carboxylic acids is 1. The zero-order valence-corrected chi connectivity index (χ0v) is 12.9. The van der Waals surface area contributed by atoms with Gasteiger partial charge in [-0.15, -0.1) is 0 Å². The first-order chi connectivity index (χ1) is 9.56. The molecule has 0 aliphatic carbocycles. The fourth-order valence-electron chi connectivity index (χ4n) is 2.97. The van der Waals surface area contributed by atoms with E-state index in [1.165, 1.54) is 25.7 Å². The minimum atomic E-state index is -0.722. The summed E-state index contributed by atoms with van der Waals surface area (Å²) in [5, 5.41) is 9.02. The average Bonchev–Trinajstić information content (AvgIpc) is 2.42. The number of hydrogen-bond donors (Lipinski definition) is 1. The number of carboxylic acids is 1. The number of unbranched alkanes of at least 4 members (excludes halogenated alkanes) is 5. The lowest BCUT2D eigenvalue weighted by Crippen LogP contribution is -2.45. The van der Waals surface area contributed by atoms with Crippen molar-refractivity contribution in [3.05, 3.63) is 0 Å². The molecule has 1 rings (SSSR count). The van der Waals surface area contributed by atoms with Gasteiger partial charge in [-0.25, -0.2) is 0 Å². The Labute approximate surface area is 122 Å². The third-order valence-electron chi connectivity index (χ3n) is 4.29. The van der Waals surface area contributed by atoms with E-state index in [0.29, 0.717) is 25.8 Å². The average molecular weight is 283 g/mol. The maximum atomic E-state index is 12.2. The number of carboxylic acid groups (broad SMARTS) is 1. The molecule has 1 aliphatic rings. The maximum absolute atomic E-state index is 12.2. The van der Waals surface area contributed by atoms with Gasteiger partial charge in [0.25, 0.3) is 0 Å². The summed E-state index contributed by atoms with van der Waals surface area (Å²) < 4.78 is 0. The van der Waals surface area contributed by atoms with Gasteiger partial charge in [0, 0.05) is 19.0 Å². The number of rotatable bonds is 8. The van der Waals surface area contributed by atoms with Crippen LogP contribution in [0.25, 0.3) is 0 Å². The molecule has 0 bridgehead atoms. The summed E-state index contributed by atoms with van der Waals surface area (Å²) in [4.78, 5) is 25.0. The molecule has 0 aromatic carbocycles. The van der Waals surface area contributed by atoms with E-state index in [0.717, 1.165) is 12.8 Å². The minimum absolute atomic E-state index is 0.0671. The molecule has 1 heterocycles. The van der Waals surface area contributed by atoms with Crippen LogP contribution in [0.5, 0.6) is 0 Å². The smallest absolute Gasteiger partial charge is 0.306 e. The number of carbonyl (C=O) groups is 2. The summed E-state index contributed by atoms with van der Waals surface area (Å²) >= 11 is 0. The molecule has 4 heteroatoms. The number of likely N-dealkylation sites (tertiary alicyclic amines) is 1. The van der Waals surface area contributed by atoms with E-state index in [2.05, 4.69) is 6.92 Å². The second kappa shape index (κ2) is 8.98. The number of amides is 1. The molecule has 1 aliphatic heterocycles. The van der Waals surface area contributed by atoms with Gasteiger partial charge in [-0.1, -0.05) is 39.0 Å². The van der Waals surface area contributed by atoms with Crippen LogP contribution in [0.2, 0.25) is 0 Å². The first-order valence-corrected chi connectivity index (χ1v) is 8.08. The molecule has 1 fully saturated rings. The van der Waals surface area contributed by atoms with Crippen molar-refractivity contribution in [2.75, 3.05) is 6.54 Å². The van der Waals surface area contributed by atoms with Crippen molar-refractivity contribution in [3.8, 4) is 0 Å². The van der Waals surface area contributed by atoms with Crippen molar-refractivity contribution < 1.29 is 14.7 Å². The second-order valence-electron chi connectivity index (χ2n) is 6.01. The molecule has 2 unspecified atom stereocenters. The van der Waals surface area contributed by atoms with Crippen molar-refractivity contribution in [3.63, 3.8) is 0 Å². The molecule has 1 saturated heterocycles. The Balaban J connectivity index is 2.22. The van der Waals surface area contributed by atoms with Gasteiger partial charge in [0.05, 0.1) is 5.92 Å². The fourth-order valence-corrected chi connectivity index (χ4v) is 2.97. The number of piperidine rings is 1. The number of hydrogen-bond acceptors (Lipinski definition) is 2. The van der Waals surface area contributed by atoms with E-state index < -0.39 is 5.97 Å². The summed E-state index contributed by atoms with van der Waals surface area (Å²) in [5.74, 6) is -0.792. The molecule has 0 radical (unpaired) electrons. The highest BCUT2D eigenvalue weighted by molar-refractivity contribution is 5.77. The lowest BCUT2D eigenvalue weighted by Gasteiger charge is -2.36. The zero-order chi connectivity index (χ0) is 15.0. The largest absolute Gasteiger partial charge is 0.481 e. The number of aliphatic carboxylic acids is 1. The Morgan fingerprint density at radius 3 is 2.40 bits per heavy atom. The van der Waals surface area contributed by atoms with Gasteiger partial charge in [-0.05, 0) is 26.2 Å². The van der Waals surface area contributed by atoms with E-state index in [1.807, 2.05) is 11.8 Å². The zero-order valence-electron chi connectivity index (χ0n) is 12.9. The Morgan fingerprint density at radius 1 is 1.15 bits per heavy atom. The van der Waals surface area contributed by atoms with Crippen LogP contribution in [0.3, 0.4) is 0 Å². The van der Waals surface area contributed by atoms with Crippen LogP contribution >= 0.6 is 0 Å². The van der Waals surface area contributed by atoms with Crippen LogP contribution in [0.1, 0.15) is 71.6 Å². The molecule has 1 amide bonds. The summed E-state index contributed by atoms with van der Waals surface area (Å²) in [6.07, 6.45) is 8.93. The van der Waals surface area contributed by atoms with Crippen LogP contribution in [-0.2, 0) is 9.59 Å². The van der Waals surface area contributed by atoms with E-state index in [4.69, 9.17) is 5.11 Å². The van der Waals surface area contributed by atoms with Crippen molar-refractivity contribution in [2.45, 2.75) is 77.7 Å². The quantitative estimate of drug-likeness (QED) is 0.694. The highest BCUT2D eigenvalue weighted by Gasteiger charge is 2.31. The van der Waals surface area contributed by atoms with Crippen molar-refractivity contribution in [2.24, 2.45) is 5.92 Å². The molecule has 0 saturated carbocycles. The van der Waals surface area contributed by atoms with E-state index in [1.54, 1.807) is 0 Å². The third-order valence-corrected chi connectivity index (χ3v) is 4.29. The highest BCUT2D eigenvalue weighted by atomic mass is 16.4. The van der Waals surface area contributed by atoms with Crippen LogP contribution in [0.4, 0.5) is 0 Å². The van der Waals surface area contributed by atoms with Crippen LogP contribution in [0.15, 0.2) is 0 Å². The Bertz CT molecular complexity index is 317. The molecule has 0 aromatic rings. The van der Waals surface area contributed by atoms with Gasteiger partial charge >= 0.3 is 5.97 Å². The Morgan fingerprint density at radius 2 is 1.80 bits per heavy atom. The summed E-state index contributed by atoms with van der Waals surface area (Å²) in [5.41, 5.74) is 0. The van der Waals surface area contributed by atoms with Gasteiger partial charge in [0.2, 0.25) is 5.91 Å². The first-order valence-electron chi connectivity index (χ1n) is 8.08. The Hall–Kier alpha value is -1.06. The molecule has 4 nitrogen and oxygen atoms in total.